The van der Waals surface area contributed by atoms with Crippen molar-refractivity contribution in [2.45, 2.75) is 0 Å². The monoisotopic (exact) mass is 310 g/mol. The Hall–Kier alpha value is -3.02. The number of rotatable bonds is 4. The van der Waals surface area contributed by atoms with Gasteiger partial charge >= 0.3 is 5.91 Å². The summed E-state index contributed by atoms with van der Waals surface area (Å²) in [5, 5.41) is 2.73. The Morgan fingerprint density at radius 3 is 2.26 bits per heavy atom. The predicted molar refractivity (Wildman–Crippen MR) is 81.8 cm³/mol. The second-order valence-corrected chi connectivity index (χ2v) is 5.26. The molecule has 1 aromatic heterocycles. The molecular weight excluding hydrogens is 294 g/mol. The molecule has 23 heavy (non-hydrogen) atoms. The lowest BCUT2D eigenvalue weighted by molar-refractivity contribution is -0.673. The number of amides is 3. The van der Waals surface area contributed by atoms with E-state index in [0.717, 1.165) is 4.90 Å². The lowest BCUT2D eigenvalue weighted by Crippen LogP contribution is -2.43. The molecule has 6 nitrogen and oxygen atoms in total. The number of aryl methyl sites for hydroxylation is 1. The zero-order chi connectivity index (χ0) is 16.4. The van der Waals surface area contributed by atoms with Crippen molar-refractivity contribution < 1.29 is 19.0 Å². The summed E-state index contributed by atoms with van der Waals surface area (Å²) in [5.41, 5.74) is 1.34. The molecule has 1 aromatic carbocycles. The van der Waals surface area contributed by atoms with Gasteiger partial charge < -0.3 is 5.32 Å². The first kappa shape index (κ1) is 14.9. The van der Waals surface area contributed by atoms with Gasteiger partial charge in [0.1, 0.15) is 7.05 Å². The van der Waals surface area contributed by atoms with Crippen molar-refractivity contribution in [1.29, 1.82) is 0 Å². The van der Waals surface area contributed by atoms with Crippen molar-refractivity contribution in [1.82, 2.24) is 10.2 Å². The average Bonchev–Trinajstić information content (AvgIpc) is 2.80. The summed E-state index contributed by atoms with van der Waals surface area (Å²) in [4.78, 5) is 37.7. The third-order valence-corrected chi connectivity index (χ3v) is 3.79. The number of pyridine rings is 1. The maximum atomic E-state index is 12.2. The van der Waals surface area contributed by atoms with E-state index in [9.17, 15) is 14.4 Å². The highest BCUT2D eigenvalue weighted by Crippen LogP contribution is 2.21. The maximum Gasteiger partial charge on any atom is 0.316 e. The summed E-state index contributed by atoms with van der Waals surface area (Å²) in [6.07, 6.45) is 1.78. The number of benzene rings is 1. The number of aromatic nitrogens is 1. The van der Waals surface area contributed by atoms with Crippen LogP contribution < -0.4 is 9.88 Å². The highest BCUT2D eigenvalue weighted by molar-refractivity contribution is 6.21. The van der Waals surface area contributed by atoms with Crippen LogP contribution in [-0.2, 0) is 7.05 Å². The zero-order valence-corrected chi connectivity index (χ0v) is 12.7. The third kappa shape index (κ3) is 2.70. The molecule has 2 aromatic rings. The molecule has 1 aliphatic heterocycles. The van der Waals surface area contributed by atoms with Crippen molar-refractivity contribution in [3.05, 3.63) is 65.5 Å². The summed E-state index contributed by atoms with van der Waals surface area (Å²) >= 11 is 0. The highest BCUT2D eigenvalue weighted by atomic mass is 16.2. The Morgan fingerprint density at radius 2 is 1.65 bits per heavy atom. The molecule has 6 heteroatoms. The molecule has 3 amide bonds. The van der Waals surface area contributed by atoms with Gasteiger partial charge in [-0.3, -0.25) is 19.3 Å². The predicted octanol–water partition coefficient (Wildman–Crippen LogP) is 0.537. The largest absolute Gasteiger partial charge is 0.345 e. The first-order chi connectivity index (χ1) is 11.1. The Morgan fingerprint density at radius 1 is 1.04 bits per heavy atom. The number of hydrogen-bond donors (Lipinski definition) is 1. The molecule has 0 saturated heterocycles. The van der Waals surface area contributed by atoms with Gasteiger partial charge in [-0.15, -0.1) is 0 Å². The van der Waals surface area contributed by atoms with Crippen molar-refractivity contribution >= 4 is 17.7 Å². The number of nitrogens with one attached hydrogen (secondary N) is 1. The van der Waals surface area contributed by atoms with Crippen molar-refractivity contribution in [3.8, 4) is 0 Å². The van der Waals surface area contributed by atoms with E-state index >= 15 is 0 Å². The molecule has 1 N–H and O–H groups in total. The fourth-order valence-corrected chi connectivity index (χ4v) is 2.57. The van der Waals surface area contributed by atoms with Gasteiger partial charge in [-0.2, -0.15) is 4.57 Å². The molecule has 0 bridgehead atoms. The van der Waals surface area contributed by atoms with Crippen molar-refractivity contribution in [3.63, 3.8) is 0 Å². The molecule has 0 unspecified atom stereocenters. The standard InChI is InChI=1S/C17H15N3O3/c1-19-10-5-4-8-14(19)15(21)18-9-11-20-16(22)12-6-2-3-7-13(12)17(20)23/h2-8,10H,9,11H2,1H3/p+1. The number of nitrogens with zero attached hydrogens (tertiary/aromatic N) is 2. The molecule has 0 spiro atoms. The van der Waals surface area contributed by atoms with Gasteiger partial charge in [-0.25, -0.2) is 0 Å². The summed E-state index contributed by atoms with van der Waals surface area (Å²) in [5.74, 6) is -0.875. The Kier molecular flexibility index (Phi) is 3.89. The van der Waals surface area contributed by atoms with E-state index in [1.807, 2.05) is 6.07 Å². The number of hydrogen-bond acceptors (Lipinski definition) is 3. The van der Waals surface area contributed by atoms with Crippen LogP contribution >= 0.6 is 0 Å². The van der Waals surface area contributed by atoms with Gasteiger partial charge in [0.2, 0.25) is 0 Å². The Labute approximate surface area is 133 Å². The maximum absolute atomic E-state index is 12.2. The molecule has 0 aliphatic carbocycles. The van der Waals surface area contributed by atoms with E-state index in [4.69, 9.17) is 0 Å². The quantitative estimate of drug-likeness (QED) is 0.662. The van der Waals surface area contributed by atoms with Crippen LogP contribution in [0.1, 0.15) is 31.2 Å². The fourth-order valence-electron chi connectivity index (χ4n) is 2.57. The van der Waals surface area contributed by atoms with Crippen LogP contribution in [0.2, 0.25) is 0 Å². The normalized spacial score (nSPS) is 13.2. The van der Waals surface area contributed by atoms with Gasteiger partial charge in [0, 0.05) is 25.2 Å². The minimum Gasteiger partial charge on any atom is -0.345 e. The number of imide groups is 1. The SMILES string of the molecule is C[n+]1ccccc1C(=O)NCCN1C(=O)c2ccccc2C1=O. The minimum atomic E-state index is -0.315. The van der Waals surface area contributed by atoms with Crippen LogP contribution in [0.3, 0.4) is 0 Å². The van der Waals surface area contributed by atoms with Gasteiger partial charge in [0.25, 0.3) is 17.5 Å². The molecule has 0 fully saturated rings. The number of fused-ring (bicyclic) bond motifs is 1. The van der Waals surface area contributed by atoms with Gasteiger partial charge in [-0.05, 0) is 18.2 Å². The number of carbonyl (C=O) groups is 3. The van der Waals surface area contributed by atoms with E-state index in [0.29, 0.717) is 16.8 Å². The van der Waals surface area contributed by atoms with Crippen LogP contribution in [0.15, 0.2) is 48.7 Å². The lowest BCUT2D eigenvalue weighted by atomic mass is 10.1. The molecule has 116 valence electrons. The van der Waals surface area contributed by atoms with Crippen molar-refractivity contribution in [2.24, 2.45) is 7.05 Å². The van der Waals surface area contributed by atoms with Crippen LogP contribution in [-0.4, -0.2) is 35.7 Å². The number of carbonyl (C=O) groups excluding carboxylic acids is 3. The van der Waals surface area contributed by atoms with Crippen LogP contribution in [0.4, 0.5) is 0 Å². The van der Waals surface area contributed by atoms with E-state index in [1.165, 1.54) is 0 Å². The Bertz CT molecular complexity index is 766. The van der Waals surface area contributed by atoms with E-state index in [1.54, 1.807) is 54.2 Å². The summed E-state index contributed by atoms with van der Waals surface area (Å²) < 4.78 is 1.71. The topological polar surface area (TPSA) is 70.4 Å². The fraction of sp³-hybridized carbons (Fsp3) is 0.176. The minimum absolute atomic E-state index is 0.147. The second kappa shape index (κ2) is 6.00. The van der Waals surface area contributed by atoms with E-state index in [-0.39, 0.29) is 30.8 Å². The summed E-state index contributed by atoms with van der Waals surface area (Å²) in [7, 11) is 1.78. The summed E-state index contributed by atoms with van der Waals surface area (Å²) in [6, 6.07) is 12.0. The molecule has 0 saturated carbocycles. The van der Waals surface area contributed by atoms with Crippen LogP contribution in [0.25, 0.3) is 0 Å². The van der Waals surface area contributed by atoms with E-state index in [2.05, 4.69) is 5.32 Å². The molecule has 0 atom stereocenters. The lowest BCUT2D eigenvalue weighted by Gasteiger charge is -2.13. The summed E-state index contributed by atoms with van der Waals surface area (Å²) in [6.45, 7) is 0.355. The van der Waals surface area contributed by atoms with Crippen LogP contribution in [0, 0.1) is 0 Å². The molecule has 0 radical (unpaired) electrons. The van der Waals surface area contributed by atoms with Gasteiger partial charge in [-0.1, -0.05) is 12.1 Å². The van der Waals surface area contributed by atoms with E-state index < -0.39 is 0 Å². The van der Waals surface area contributed by atoms with Gasteiger partial charge in [0.15, 0.2) is 6.20 Å². The molecule has 3 rings (SSSR count). The molecule has 1 aliphatic rings. The smallest absolute Gasteiger partial charge is 0.316 e. The molecule has 2 heterocycles. The van der Waals surface area contributed by atoms with Crippen LogP contribution in [0.5, 0.6) is 0 Å². The first-order valence-corrected chi connectivity index (χ1v) is 7.27. The second-order valence-electron chi connectivity index (χ2n) is 5.26. The first-order valence-electron chi connectivity index (χ1n) is 7.27. The average molecular weight is 310 g/mol. The van der Waals surface area contributed by atoms with Crippen molar-refractivity contribution in [2.75, 3.05) is 13.1 Å². The zero-order valence-electron chi connectivity index (χ0n) is 12.7. The highest BCUT2D eigenvalue weighted by Gasteiger charge is 2.34. The van der Waals surface area contributed by atoms with Gasteiger partial charge in [0.05, 0.1) is 11.1 Å². The third-order valence-electron chi connectivity index (χ3n) is 3.79. The molecular formula is C17H16N3O3+. The Balaban J connectivity index is 1.62.